The average molecular weight is 285 g/mol. The van der Waals surface area contributed by atoms with E-state index in [-0.39, 0.29) is 5.75 Å². The molecular formula is C13H23N3O2S. The predicted octanol–water partition coefficient (Wildman–Crippen LogP) is 1.79. The third-order valence-corrected chi connectivity index (χ3v) is 5.23. The minimum atomic E-state index is -3.11. The quantitative estimate of drug-likeness (QED) is 0.830. The van der Waals surface area contributed by atoms with E-state index in [0.29, 0.717) is 25.4 Å². The molecule has 0 bridgehead atoms. The molecule has 2 rings (SSSR count). The minimum Gasteiger partial charge on any atom is -0.329 e. The van der Waals surface area contributed by atoms with E-state index in [1.807, 2.05) is 13.1 Å². The first kappa shape index (κ1) is 14.5. The molecule has 1 saturated carbocycles. The van der Waals surface area contributed by atoms with Gasteiger partial charge in [0.05, 0.1) is 5.75 Å². The maximum atomic E-state index is 11.6. The van der Waals surface area contributed by atoms with Crippen LogP contribution in [0, 0.1) is 6.92 Å². The fraction of sp³-hybridized carbons (Fsp3) is 0.769. The fourth-order valence-electron chi connectivity index (χ4n) is 2.48. The van der Waals surface area contributed by atoms with Crippen molar-refractivity contribution in [1.29, 1.82) is 0 Å². The highest BCUT2D eigenvalue weighted by Crippen LogP contribution is 2.33. The van der Waals surface area contributed by atoms with E-state index in [9.17, 15) is 8.42 Å². The van der Waals surface area contributed by atoms with Crippen molar-refractivity contribution in [2.45, 2.75) is 52.0 Å². The summed E-state index contributed by atoms with van der Waals surface area (Å²) < 4.78 is 28.1. The number of hydrogen-bond acceptors (Lipinski definition) is 3. The maximum absolute atomic E-state index is 11.6. The van der Waals surface area contributed by atoms with E-state index in [2.05, 4.69) is 21.2 Å². The van der Waals surface area contributed by atoms with Crippen molar-refractivity contribution < 1.29 is 8.42 Å². The molecule has 108 valence electrons. The van der Waals surface area contributed by atoms with Crippen LogP contribution in [0.25, 0.3) is 0 Å². The van der Waals surface area contributed by atoms with Crippen molar-refractivity contribution in [2.75, 3.05) is 12.3 Å². The van der Waals surface area contributed by atoms with Crippen molar-refractivity contribution >= 4 is 10.0 Å². The first-order chi connectivity index (χ1) is 9.03. The van der Waals surface area contributed by atoms with E-state index in [0.717, 1.165) is 5.82 Å². The zero-order valence-electron chi connectivity index (χ0n) is 11.7. The summed E-state index contributed by atoms with van der Waals surface area (Å²) in [6.07, 6.45) is 6.90. The summed E-state index contributed by atoms with van der Waals surface area (Å²) in [5, 5.41) is 0. The second-order valence-corrected chi connectivity index (χ2v) is 7.16. The lowest BCUT2D eigenvalue weighted by Crippen LogP contribution is -2.29. The number of aromatic nitrogens is 2. The third-order valence-electron chi connectivity index (χ3n) is 3.64. The number of aryl methyl sites for hydroxylation is 1. The molecule has 19 heavy (non-hydrogen) atoms. The second-order valence-electron chi connectivity index (χ2n) is 5.23. The molecular weight excluding hydrogens is 262 g/mol. The Balaban J connectivity index is 1.93. The van der Waals surface area contributed by atoms with Crippen LogP contribution in [0.15, 0.2) is 6.20 Å². The zero-order chi connectivity index (χ0) is 13.9. The summed E-state index contributed by atoms with van der Waals surface area (Å²) in [5.41, 5.74) is 1.18. The van der Waals surface area contributed by atoms with E-state index >= 15 is 0 Å². The zero-order valence-corrected chi connectivity index (χ0v) is 12.5. The van der Waals surface area contributed by atoms with E-state index in [1.54, 1.807) is 0 Å². The van der Waals surface area contributed by atoms with E-state index in [4.69, 9.17) is 0 Å². The van der Waals surface area contributed by atoms with Crippen LogP contribution in [-0.2, 0) is 16.4 Å². The molecule has 1 aromatic rings. The molecule has 5 nitrogen and oxygen atoms in total. The van der Waals surface area contributed by atoms with Gasteiger partial charge in [0, 0.05) is 30.9 Å². The fourth-order valence-corrected chi connectivity index (χ4v) is 3.58. The van der Waals surface area contributed by atoms with Crippen LogP contribution in [0.1, 0.15) is 50.2 Å². The predicted molar refractivity (Wildman–Crippen MR) is 75.6 cm³/mol. The number of nitrogens with one attached hydrogen (secondary N) is 1. The van der Waals surface area contributed by atoms with Crippen molar-refractivity contribution in [3.05, 3.63) is 17.7 Å². The van der Waals surface area contributed by atoms with Crippen LogP contribution in [-0.4, -0.2) is 30.3 Å². The number of hydrogen-bond donors (Lipinski definition) is 1. The highest BCUT2D eigenvalue weighted by Gasteiger charge is 2.23. The van der Waals surface area contributed by atoms with Crippen LogP contribution in [0.4, 0.5) is 0 Å². The molecule has 0 amide bonds. The molecule has 1 aliphatic rings. The monoisotopic (exact) mass is 285 g/mol. The van der Waals surface area contributed by atoms with Crippen molar-refractivity contribution in [1.82, 2.24) is 14.3 Å². The van der Waals surface area contributed by atoms with Gasteiger partial charge < -0.3 is 4.57 Å². The Bertz CT molecular complexity index is 518. The van der Waals surface area contributed by atoms with Gasteiger partial charge >= 0.3 is 0 Å². The van der Waals surface area contributed by atoms with Crippen LogP contribution in [0.2, 0.25) is 0 Å². The summed E-state index contributed by atoms with van der Waals surface area (Å²) in [7, 11) is -3.11. The minimum absolute atomic E-state index is 0.198. The Morgan fingerprint density at radius 2 is 2.21 bits per heavy atom. The summed E-state index contributed by atoms with van der Waals surface area (Å²) in [4.78, 5) is 4.41. The first-order valence-corrected chi connectivity index (χ1v) is 8.69. The number of imidazole rings is 1. The molecule has 0 unspecified atom stereocenters. The van der Waals surface area contributed by atoms with E-state index < -0.39 is 10.0 Å². The molecule has 1 aromatic heterocycles. The van der Waals surface area contributed by atoms with E-state index in [1.165, 1.54) is 25.0 Å². The Hall–Kier alpha value is -0.880. The van der Waals surface area contributed by atoms with Crippen LogP contribution in [0.5, 0.6) is 0 Å². The summed E-state index contributed by atoms with van der Waals surface area (Å²) in [5.74, 6) is 1.20. The Kier molecular flexibility index (Phi) is 4.62. The van der Waals surface area contributed by atoms with Crippen LogP contribution >= 0.6 is 0 Å². The Morgan fingerprint density at radius 3 is 2.79 bits per heavy atom. The normalized spacial score (nSPS) is 16.5. The lowest BCUT2D eigenvalue weighted by atomic mass is 9.92. The van der Waals surface area contributed by atoms with Gasteiger partial charge in [-0.05, 0) is 32.6 Å². The van der Waals surface area contributed by atoms with Crippen LogP contribution < -0.4 is 4.72 Å². The smallest absolute Gasteiger partial charge is 0.211 e. The third kappa shape index (κ3) is 3.57. The van der Waals surface area contributed by atoms with Gasteiger partial charge in [0.2, 0.25) is 10.0 Å². The molecule has 0 aliphatic heterocycles. The lowest BCUT2D eigenvalue weighted by molar-refractivity contribution is 0.302. The molecule has 1 N–H and O–H groups in total. The van der Waals surface area contributed by atoms with Crippen molar-refractivity contribution in [3.8, 4) is 0 Å². The van der Waals surface area contributed by atoms with Gasteiger partial charge in [-0.2, -0.15) is 0 Å². The topological polar surface area (TPSA) is 64.0 Å². The van der Waals surface area contributed by atoms with Gasteiger partial charge in [-0.1, -0.05) is 6.92 Å². The van der Waals surface area contributed by atoms with Gasteiger partial charge in [0.25, 0.3) is 0 Å². The molecule has 1 fully saturated rings. The molecule has 1 aliphatic carbocycles. The van der Waals surface area contributed by atoms with Crippen LogP contribution in [0.3, 0.4) is 0 Å². The number of nitrogens with zero attached hydrogens (tertiary/aromatic N) is 2. The van der Waals surface area contributed by atoms with Gasteiger partial charge in [-0.15, -0.1) is 0 Å². The van der Waals surface area contributed by atoms with Gasteiger partial charge in [-0.3, -0.25) is 0 Å². The molecule has 0 aromatic carbocycles. The summed E-state index contributed by atoms with van der Waals surface area (Å²) in [6.45, 7) is 4.37. The lowest BCUT2D eigenvalue weighted by Gasteiger charge is -2.29. The van der Waals surface area contributed by atoms with Gasteiger partial charge in [-0.25, -0.2) is 18.1 Å². The molecule has 1 heterocycles. The number of sulfonamides is 1. The Labute approximate surface area is 115 Å². The summed E-state index contributed by atoms with van der Waals surface area (Å²) >= 11 is 0. The second kappa shape index (κ2) is 6.05. The summed E-state index contributed by atoms with van der Waals surface area (Å²) in [6, 6.07) is 0.574. The Morgan fingerprint density at radius 1 is 1.47 bits per heavy atom. The number of rotatable bonds is 7. The van der Waals surface area contributed by atoms with Crippen molar-refractivity contribution in [2.24, 2.45) is 0 Å². The standard InChI is InChI=1S/C13H23N3O2S/c1-3-9-19(17,18)15-8-7-13-14-10-11(2)16(13)12-5-4-6-12/h10,12,15H,3-9H2,1-2H3. The maximum Gasteiger partial charge on any atom is 0.211 e. The molecule has 0 spiro atoms. The largest absolute Gasteiger partial charge is 0.329 e. The highest BCUT2D eigenvalue weighted by molar-refractivity contribution is 7.89. The molecule has 6 heteroatoms. The molecule has 0 atom stereocenters. The van der Waals surface area contributed by atoms with Gasteiger partial charge in [0.1, 0.15) is 5.82 Å². The molecule has 0 radical (unpaired) electrons. The molecule has 0 saturated heterocycles. The average Bonchev–Trinajstić information content (AvgIpc) is 2.59. The highest BCUT2D eigenvalue weighted by atomic mass is 32.2. The van der Waals surface area contributed by atoms with Crippen molar-refractivity contribution in [3.63, 3.8) is 0 Å². The van der Waals surface area contributed by atoms with Gasteiger partial charge in [0.15, 0.2) is 0 Å². The first-order valence-electron chi connectivity index (χ1n) is 7.03. The SMILES string of the molecule is CCCS(=O)(=O)NCCc1ncc(C)n1C1CCC1.